The van der Waals surface area contributed by atoms with Gasteiger partial charge in [0.1, 0.15) is 5.75 Å². The summed E-state index contributed by atoms with van der Waals surface area (Å²) in [6.45, 7) is 2.36. The molecule has 5 nitrogen and oxygen atoms in total. The van der Waals surface area contributed by atoms with Crippen LogP contribution in [0, 0.1) is 29.1 Å². The molecule has 5 unspecified atom stereocenters. The Morgan fingerprint density at radius 3 is 2.48 bits per heavy atom. The molecule has 156 valence electrons. The van der Waals surface area contributed by atoms with Crippen LogP contribution in [0.1, 0.15) is 68.6 Å². The SMILES string of the molecule is CC1CC2CC3(C1)CC3C2NC(=O)c1ccc(OC2CCC(C(=O)O)CC2)cc1. The molecule has 1 aromatic rings. The monoisotopic (exact) mass is 397 g/mol. The number of carbonyl (C=O) groups is 2. The van der Waals surface area contributed by atoms with Gasteiger partial charge < -0.3 is 15.2 Å². The van der Waals surface area contributed by atoms with E-state index in [1.54, 1.807) is 0 Å². The van der Waals surface area contributed by atoms with Gasteiger partial charge in [0.05, 0.1) is 12.0 Å². The Bertz CT molecular complexity index is 798. The first-order valence-corrected chi connectivity index (χ1v) is 11.2. The molecule has 0 aliphatic heterocycles. The molecule has 4 aliphatic rings. The third-order valence-corrected chi connectivity index (χ3v) is 8.06. The summed E-state index contributed by atoms with van der Waals surface area (Å²) in [7, 11) is 0. The molecular formula is C24H31NO4. The van der Waals surface area contributed by atoms with Crippen LogP contribution in [0.3, 0.4) is 0 Å². The summed E-state index contributed by atoms with van der Waals surface area (Å²) in [5.41, 5.74) is 1.24. The van der Waals surface area contributed by atoms with Crippen LogP contribution in [0.4, 0.5) is 0 Å². The second-order valence-electron chi connectivity index (χ2n) is 10.1. The smallest absolute Gasteiger partial charge is 0.306 e. The van der Waals surface area contributed by atoms with Crippen LogP contribution in [-0.4, -0.2) is 29.1 Å². The van der Waals surface area contributed by atoms with Crippen molar-refractivity contribution in [3.8, 4) is 5.75 Å². The Morgan fingerprint density at radius 1 is 1.07 bits per heavy atom. The van der Waals surface area contributed by atoms with Crippen LogP contribution in [0.2, 0.25) is 0 Å². The molecule has 1 spiro atoms. The number of nitrogens with one attached hydrogen (secondary N) is 1. The normalized spacial score (nSPS) is 40.0. The van der Waals surface area contributed by atoms with E-state index in [0.717, 1.165) is 24.5 Å². The molecule has 29 heavy (non-hydrogen) atoms. The van der Waals surface area contributed by atoms with Crippen molar-refractivity contribution < 1.29 is 19.4 Å². The number of fused-ring (bicyclic) bond motifs is 1. The molecule has 5 heteroatoms. The van der Waals surface area contributed by atoms with Crippen LogP contribution in [0.15, 0.2) is 24.3 Å². The first-order chi connectivity index (χ1) is 13.9. The largest absolute Gasteiger partial charge is 0.490 e. The van der Waals surface area contributed by atoms with Crippen LogP contribution >= 0.6 is 0 Å². The maximum Gasteiger partial charge on any atom is 0.306 e. The van der Waals surface area contributed by atoms with Crippen molar-refractivity contribution in [1.29, 1.82) is 0 Å². The third-order valence-electron chi connectivity index (χ3n) is 8.06. The number of amides is 1. The predicted octanol–water partition coefficient (Wildman–Crippen LogP) is 4.26. The van der Waals surface area contributed by atoms with Gasteiger partial charge in [0.25, 0.3) is 5.91 Å². The van der Waals surface area contributed by atoms with Crippen molar-refractivity contribution >= 4 is 11.9 Å². The molecule has 0 heterocycles. The molecule has 1 amide bonds. The maximum atomic E-state index is 12.8. The summed E-state index contributed by atoms with van der Waals surface area (Å²) in [6, 6.07) is 7.78. The quantitative estimate of drug-likeness (QED) is 0.778. The fourth-order valence-electron chi connectivity index (χ4n) is 6.70. The van der Waals surface area contributed by atoms with Gasteiger partial charge >= 0.3 is 5.97 Å². The van der Waals surface area contributed by atoms with Crippen molar-refractivity contribution in [2.24, 2.45) is 29.1 Å². The number of hydrogen-bond acceptors (Lipinski definition) is 3. The number of hydrogen-bond donors (Lipinski definition) is 2. The van der Waals surface area contributed by atoms with Gasteiger partial charge in [0.15, 0.2) is 0 Å². The fourth-order valence-corrected chi connectivity index (χ4v) is 6.70. The number of carbonyl (C=O) groups excluding carboxylic acids is 1. The number of rotatable bonds is 5. The average Bonchev–Trinajstić information content (AvgIpc) is 3.32. The van der Waals surface area contributed by atoms with Crippen LogP contribution in [0.5, 0.6) is 5.75 Å². The van der Waals surface area contributed by atoms with E-state index in [9.17, 15) is 9.59 Å². The van der Waals surface area contributed by atoms with E-state index in [1.165, 1.54) is 25.7 Å². The van der Waals surface area contributed by atoms with Crippen molar-refractivity contribution in [2.75, 3.05) is 0 Å². The van der Waals surface area contributed by atoms with Gasteiger partial charge in [-0.2, -0.15) is 0 Å². The van der Waals surface area contributed by atoms with E-state index < -0.39 is 5.97 Å². The highest BCUT2D eigenvalue weighted by molar-refractivity contribution is 5.94. The standard InChI is InChI=1S/C24H31NO4/c1-14-10-17-12-24(11-14)13-20(24)21(17)25-22(26)15-2-6-18(7-3-15)29-19-8-4-16(5-9-19)23(27)28/h2-3,6-7,14,16-17,19-21H,4-5,8-13H2,1H3,(H,25,26)(H,27,28). The van der Waals surface area contributed by atoms with Gasteiger partial charge in [-0.25, -0.2) is 0 Å². The van der Waals surface area contributed by atoms with E-state index in [2.05, 4.69) is 12.2 Å². The highest BCUT2D eigenvalue weighted by Crippen LogP contribution is 2.71. The second kappa shape index (κ2) is 7.03. The molecular weight excluding hydrogens is 366 g/mol. The average molecular weight is 398 g/mol. The summed E-state index contributed by atoms with van der Waals surface area (Å²) in [5, 5.41) is 12.5. The third kappa shape index (κ3) is 3.53. The minimum absolute atomic E-state index is 0.0331. The molecule has 4 aliphatic carbocycles. The lowest BCUT2D eigenvalue weighted by Crippen LogP contribution is -2.40. The van der Waals surface area contributed by atoms with Gasteiger partial charge in [0.2, 0.25) is 0 Å². The van der Waals surface area contributed by atoms with E-state index >= 15 is 0 Å². The van der Waals surface area contributed by atoms with Crippen LogP contribution < -0.4 is 10.1 Å². The molecule has 0 radical (unpaired) electrons. The summed E-state index contributed by atoms with van der Waals surface area (Å²) >= 11 is 0. The lowest BCUT2D eigenvalue weighted by atomic mass is 9.77. The highest BCUT2D eigenvalue weighted by Gasteiger charge is 2.67. The molecule has 1 aromatic carbocycles. The number of carboxylic acids is 1. The Morgan fingerprint density at radius 2 is 1.79 bits per heavy atom. The van der Waals surface area contributed by atoms with E-state index in [1.807, 2.05) is 24.3 Å². The minimum atomic E-state index is -0.698. The predicted molar refractivity (Wildman–Crippen MR) is 109 cm³/mol. The van der Waals surface area contributed by atoms with E-state index in [4.69, 9.17) is 9.84 Å². The first-order valence-electron chi connectivity index (χ1n) is 11.2. The lowest BCUT2D eigenvalue weighted by molar-refractivity contribution is -0.143. The van der Waals surface area contributed by atoms with Gasteiger partial charge in [-0.05, 0) is 98.8 Å². The fraction of sp³-hybridized carbons (Fsp3) is 0.667. The molecule has 0 saturated heterocycles. The van der Waals surface area contributed by atoms with Crippen molar-refractivity contribution in [3.63, 3.8) is 0 Å². The Kier molecular flexibility index (Phi) is 4.60. The molecule has 0 aromatic heterocycles. The minimum Gasteiger partial charge on any atom is -0.490 e. The topological polar surface area (TPSA) is 75.6 Å². The Labute approximate surface area is 172 Å². The summed E-state index contributed by atoms with van der Waals surface area (Å²) < 4.78 is 6.02. The summed E-state index contributed by atoms with van der Waals surface area (Å²) in [6.07, 6.45) is 8.15. The van der Waals surface area contributed by atoms with Crippen molar-refractivity contribution in [3.05, 3.63) is 29.8 Å². The second-order valence-corrected chi connectivity index (χ2v) is 10.1. The molecule has 5 atom stereocenters. The van der Waals surface area contributed by atoms with Gasteiger partial charge in [-0.1, -0.05) is 6.92 Å². The molecule has 5 rings (SSSR count). The van der Waals surface area contributed by atoms with Crippen molar-refractivity contribution in [1.82, 2.24) is 5.32 Å². The lowest BCUT2D eigenvalue weighted by Gasteiger charge is -2.31. The molecule has 2 bridgehead atoms. The van der Waals surface area contributed by atoms with Gasteiger partial charge in [0, 0.05) is 11.6 Å². The molecule has 2 N–H and O–H groups in total. The number of ether oxygens (including phenoxy) is 1. The van der Waals surface area contributed by atoms with E-state index in [-0.39, 0.29) is 17.9 Å². The summed E-state index contributed by atoms with van der Waals surface area (Å²) in [4.78, 5) is 23.9. The van der Waals surface area contributed by atoms with Crippen molar-refractivity contribution in [2.45, 2.75) is 70.4 Å². The Hall–Kier alpha value is -2.04. The first kappa shape index (κ1) is 19.0. The van der Waals surface area contributed by atoms with E-state index in [0.29, 0.717) is 41.7 Å². The van der Waals surface area contributed by atoms with Crippen LogP contribution in [-0.2, 0) is 4.79 Å². The molecule has 4 saturated carbocycles. The number of aliphatic carboxylic acids is 1. The van der Waals surface area contributed by atoms with Gasteiger partial charge in [-0.15, -0.1) is 0 Å². The zero-order valence-electron chi connectivity index (χ0n) is 17.1. The Balaban J connectivity index is 1.16. The zero-order valence-corrected chi connectivity index (χ0v) is 17.1. The maximum absolute atomic E-state index is 12.8. The zero-order chi connectivity index (χ0) is 20.2. The highest BCUT2D eigenvalue weighted by atomic mass is 16.5. The van der Waals surface area contributed by atoms with Crippen LogP contribution in [0.25, 0.3) is 0 Å². The number of carboxylic acid groups (broad SMARTS) is 1. The number of benzene rings is 1. The summed E-state index contributed by atoms with van der Waals surface area (Å²) in [5.74, 6) is 2.01. The van der Waals surface area contributed by atoms with Gasteiger partial charge in [-0.3, -0.25) is 9.59 Å². The molecule has 4 fully saturated rings.